The number of rotatable bonds is 2. The minimum absolute atomic E-state index is 0.202. The van der Waals surface area contributed by atoms with E-state index in [0.717, 1.165) is 39.0 Å². The summed E-state index contributed by atoms with van der Waals surface area (Å²) in [4.78, 5) is 15.9. The monoisotopic (exact) mass is 373 g/mol. The summed E-state index contributed by atoms with van der Waals surface area (Å²) >= 11 is 0. The molecule has 2 aliphatic heterocycles. The number of hydrogen-bond donors (Lipinski definition) is 0. The van der Waals surface area contributed by atoms with Crippen molar-refractivity contribution in [2.45, 2.75) is 44.6 Å². The second kappa shape index (κ2) is 7.40. The molecule has 0 aromatic heterocycles. The largest absolute Gasteiger partial charge is 0.453 e. The lowest BCUT2D eigenvalue weighted by Gasteiger charge is -2.48. The molecule has 0 unspecified atom stereocenters. The Labute approximate surface area is 151 Å². The summed E-state index contributed by atoms with van der Waals surface area (Å²) < 4.78 is 29.7. The average molecular weight is 374 g/mol. The predicted molar refractivity (Wildman–Crippen MR) is 95.9 cm³/mol. The van der Waals surface area contributed by atoms with Crippen LogP contribution in [0.25, 0.3) is 0 Å². The summed E-state index contributed by atoms with van der Waals surface area (Å²) in [5, 5.41) is 0. The van der Waals surface area contributed by atoms with Crippen LogP contribution in [0.5, 0.6) is 0 Å². The van der Waals surface area contributed by atoms with Crippen molar-refractivity contribution in [3.8, 4) is 0 Å². The molecule has 1 spiro atoms. The maximum Gasteiger partial charge on any atom is 0.409 e. The number of carbonyl (C=O) groups is 1. The van der Waals surface area contributed by atoms with Gasteiger partial charge in [-0.1, -0.05) is 0 Å². The highest BCUT2D eigenvalue weighted by atomic mass is 32.2. The van der Waals surface area contributed by atoms with Crippen LogP contribution in [0.3, 0.4) is 0 Å². The van der Waals surface area contributed by atoms with Crippen molar-refractivity contribution in [3.05, 3.63) is 0 Å². The van der Waals surface area contributed by atoms with Gasteiger partial charge in [0.25, 0.3) is 0 Å². The number of sulfonamides is 1. The van der Waals surface area contributed by atoms with Crippen molar-refractivity contribution in [3.63, 3.8) is 0 Å². The summed E-state index contributed by atoms with van der Waals surface area (Å²) in [6, 6.07) is 0.589. The van der Waals surface area contributed by atoms with Crippen molar-refractivity contribution >= 4 is 16.1 Å². The van der Waals surface area contributed by atoms with E-state index in [1.807, 2.05) is 4.90 Å². The van der Waals surface area contributed by atoms with Gasteiger partial charge in [0.15, 0.2) is 0 Å². The molecule has 2 heterocycles. The van der Waals surface area contributed by atoms with Crippen LogP contribution < -0.4 is 0 Å². The Morgan fingerprint density at radius 2 is 1.52 bits per heavy atom. The SMILES string of the molecule is COC(=O)N1CCC2(CCC(N3CCN(S(C)(=O)=O)CC3)CC2)CC1. The number of amides is 1. The van der Waals surface area contributed by atoms with E-state index in [1.54, 1.807) is 4.31 Å². The summed E-state index contributed by atoms with van der Waals surface area (Å²) in [6.07, 6.45) is 8.08. The van der Waals surface area contributed by atoms with Crippen LogP contribution in [0.15, 0.2) is 0 Å². The van der Waals surface area contributed by atoms with Crippen LogP contribution in [0.2, 0.25) is 0 Å². The van der Waals surface area contributed by atoms with Crippen molar-refractivity contribution in [1.29, 1.82) is 0 Å². The van der Waals surface area contributed by atoms with Crippen LogP contribution in [-0.4, -0.2) is 87.3 Å². The van der Waals surface area contributed by atoms with E-state index >= 15 is 0 Å². The van der Waals surface area contributed by atoms with Gasteiger partial charge in [-0.25, -0.2) is 13.2 Å². The summed E-state index contributed by atoms with van der Waals surface area (Å²) in [7, 11) is -1.61. The lowest BCUT2D eigenvalue weighted by molar-refractivity contribution is 0.0235. The van der Waals surface area contributed by atoms with E-state index in [9.17, 15) is 13.2 Å². The first-order valence-electron chi connectivity index (χ1n) is 9.35. The van der Waals surface area contributed by atoms with Gasteiger partial charge in [-0.15, -0.1) is 0 Å². The molecule has 0 atom stereocenters. The summed E-state index contributed by atoms with van der Waals surface area (Å²) in [5.41, 5.74) is 0.398. The number of likely N-dealkylation sites (tertiary alicyclic amines) is 1. The molecular formula is C17H31N3O4S. The minimum Gasteiger partial charge on any atom is -0.453 e. The van der Waals surface area contributed by atoms with Crippen LogP contribution in [0.4, 0.5) is 4.79 Å². The third-order valence-electron chi connectivity index (χ3n) is 6.53. The molecular weight excluding hydrogens is 342 g/mol. The molecule has 0 aromatic carbocycles. The number of nitrogens with zero attached hydrogens (tertiary/aromatic N) is 3. The van der Waals surface area contributed by atoms with Crippen molar-refractivity contribution in [2.75, 3.05) is 52.6 Å². The first-order valence-corrected chi connectivity index (χ1v) is 11.2. The minimum atomic E-state index is -3.05. The van der Waals surface area contributed by atoms with Gasteiger partial charge in [-0.05, 0) is 43.9 Å². The zero-order chi connectivity index (χ0) is 18.1. The fourth-order valence-electron chi connectivity index (χ4n) is 4.77. The van der Waals surface area contributed by atoms with Crippen molar-refractivity contribution in [2.24, 2.45) is 5.41 Å². The lowest BCUT2D eigenvalue weighted by Crippen LogP contribution is -2.53. The number of ether oxygens (including phenoxy) is 1. The number of piperidine rings is 1. The molecule has 0 N–H and O–H groups in total. The third-order valence-corrected chi connectivity index (χ3v) is 7.83. The lowest BCUT2D eigenvalue weighted by atomic mass is 9.66. The number of hydrogen-bond acceptors (Lipinski definition) is 5. The van der Waals surface area contributed by atoms with Gasteiger partial charge in [-0.2, -0.15) is 4.31 Å². The summed E-state index contributed by atoms with van der Waals surface area (Å²) in [5.74, 6) is 0. The zero-order valence-corrected chi connectivity index (χ0v) is 16.3. The number of piperazine rings is 1. The van der Waals surface area contributed by atoms with Gasteiger partial charge in [0, 0.05) is 45.3 Å². The molecule has 0 aromatic rings. The fraction of sp³-hybridized carbons (Fsp3) is 0.941. The second-order valence-electron chi connectivity index (χ2n) is 7.89. The Morgan fingerprint density at radius 3 is 2.00 bits per heavy atom. The molecule has 0 radical (unpaired) electrons. The Hall–Kier alpha value is -0.860. The van der Waals surface area contributed by atoms with Crippen LogP contribution in [0, 0.1) is 5.41 Å². The molecule has 1 saturated carbocycles. The molecule has 1 amide bonds. The van der Waals surface area contributed by atoms with Gasteiger partial charge in [0.2, 0.25) is 10.0 Å². The first kappa shape index (κ1) is 18.9. The Bertz CT molecular complexity index is 569. The standard InChI is InChI=1S/C17H31N3O4S/c1-24-16(21)19-9-7-17(8-10-19)5-3-15(4-6-17)18-11-13-20(14-12-18)25(2,22)23/h15H,3-14H2,1-2H3. The molecule has 25 heavy (non-hydrogen) atoms. The highest BCUT2D eigenvalue weighted by molar-refractivity contribution is 7.88. The number of methoxy groups -OCH3 is 1. The van der Waals surface area contributed by atoms with Crippen LogP contribution >= 0.6 is 0 Å². The Balaban J connectivity index is 1.46. The van der Waals surface area contributed by atoms with E-state index in [2.05, 4.69) is 4.90 Å². The third kappa shape index (κ3) is 4.28. The first-order chi connectivity index (χ1) is 11.8. The van der Waals surface area contributed by atoms with E-state index in [1.165, 1.54) is 39.0 Å². The second-order valence-corrected chi connectivity index (χ2v) is 9.87. The van der Waals surface area contributed by atoms with E-state index < -0.39 is 10.0 Å². The van der Waals surface area contributed by atoms with Crippen LogP contribution in [0.1, 0.15) is 38.5 Å². The van der Waals surface area contributed by atoms with E-state index in [4.69, 9.17) is 4.74 Å². The van der Waals surface area contributed by atoms with E-state index in [0.29, 0.717) is 24.5 Å². The highest BCUT2D eigenvalue weighted by Gasteiger charge is 2.40. The molecule has 1 aliphatic carbocycles. The topological polar surface area (TPSA) is 70.2 Å². The molecule has 144 valence electrons. The maximum atomic E-state index is 11.6. The van der Waals surface area contributed by atoms with Crippen molar-refractivity contribution < 1.29 is 17.9 Å². The van der Waals surface area contributed by atoms with Gasteiger partial charge < -0.3 is 9.64 Å². The summed E-state index contributed by atoms with van der Waals surface area (Å²) in [6.45, 7) is 4.56. The zero-order valence-electron chi connectivity index (χ0n) is 15.4. The molecule has 0 bridgehead atoms. The van der Waals surface area contributed by atoms with Gasteiger partial charge in [-0.3, -0.25) is 4.90 Å². The van der Waals surface area contributed by atoms with E-state index in [-0.39, 0.29) is 6.09 Å². The highest BCUT2D eigenvalue weighted by Crippen LogP contribution is 2.45. The number of carbonyl (C=O) groups excluding carboxylic acids is 1. The Morgan fingerprint density at radius 1 is 0.960 bits per heavy atom. The normalized spacial score (nSPS) is 26.7. The smallest absolute Gasteiger partial charge is 0.409 e. The van der Waals surface area contributed by atoms with Gasteiger partial charge in [0.1, 0.15) is 0 Å². The Kier molecular flexibility index (Phi) is 5.60. The molecule has 3 rings (SSSR count). The van der Waals surface area contributed by atoms with Gasteiger partial charge >= 0.3 is 6.09 Å². The van der Waals surface area contributed by atoms with Gasteiger partial charge in [0.05, 0.1) is 13.4 Å². The molecule has 3 aliphatic rings. The maximum absolute atomic E-state index is 11.6. The van der Waals surface area contributed by atoms with Crippen molar-refractivity contribution in [1.82, 2.24) is 14.1 Å². The average Bonchev–Trinajstić information content (AvgIpc) is 2.62. The fourth-order valence-corrected chi connectivity index (χ4v) is 5.60. The molecule has 7 nitrogen and oxygen atoms in total. The quantitative estimate of drug-likeness (QED) is 0.731. The molecule has 8 heteroatoms. The molecule has 2 saturated heterocycles. The van der Waals surface area contributed by atoms with Crippen LogP contribution in [-0.2, 0) is 14.8 Å². The molecule has 3 fully saturated rings. The predicted octanol–water partition coefficient (Wildman–Crippen LogP) is 1.35.